The van der Waals surface area contributed by atoms with Gasteiger partial charge in [0.1, 0.15) is 6.04 Å². The molecule has 22 heavy (non-hydrogen) atoms. The second kappa shape index (κ2) is 8.90. The average molecular weight is 371 g/mol. The van der Waals surface area contributed by atoms with E-state index in [4.69, 9.17) is 4.74 Å². The zero-order valence-corrected chi connectivity index (χ0v) is 14.9. The lowest BCUT2D eigenvalue weighted by Gasteiger charge is -2.25. The molecule has 0 heterocycles. The Morgan fingerprint density at radius 3 is 2.23 bits per heavy atom. The number of rotatable bonds is 7. The average Bonchev–Trinajstić information content (AvgIpc) is 2.50. The predicted molar refractivity (Wildman–Crippen MR) is 89.2 cm³/mol. The van der Waals surface area contributed by atoms with Gasteiger partial charge in [-0.05, 0) is 24.6 Å². The van der Waals surface area contributed by atoms with E-state index >= 15 is 0 Å². The number of carbonyl (C=O) groups is 2. The van der Waals surface area contributed by atoms with Gasteiger partial charge in [-0.25, -0.2) is 0 Å². The minimum Gasteiger partial charge on any atom is -0.371 e. The lowest BCUT2D eigenvalue weighted by atomic mass is 10.1. The molecule has 1 aromatic rings. The lowest BCUT2D eigenvalue weighted by Crippen LogP contribution is -2.53. The molecule has 0 radical (unpaired) electrons. The maximum atomic E-state index is 12.0. The van der Waals surface area contributed by atoms with Gasteiger partial charge in [0.2, 0.25) is 11.8 Å². The molecule has 122 valence electrons. The van der Waals surface area contributed by atoms with Gasteiger partial charge in [0.15, 0.2) is 0 Å². The van der Waals surface area contributed by atoms with E-state index in [0.717, 1.165) is 10.0 Å². The molecule has 0 aliphatic heterocycles. The Balaban J connectivity index is 2.66. The smallest absolute Gasteiger partial charge is 0.245 e. The number of amides is 2. The Labute approximate surface area is 139 Å². The summed E-state index contributed by atoms with van der Waals surface area (Å²) in [6.45, 7) is 5.71. The Morgan fingerprint density at radius 2 is 1.73 bits per heavy atom. The van der Waals surface area contributed by atoms with Crippen LogP contribution < -0.4 is 10.6 Å². The summed E-state index contributed by atoms with van der Waals surface area (Å²) in [6.07, 6.45) is -0.439. The molecule has 0 fully saturated rings. The van der Waals surface area contributed by atoms with Crippen molar-refractivity contribution in [2.24, 2.45) is 5.92 Å². The zero-order valence-electron chi connectivity index (χ0n) is 13.4. The number of nitrogens with one attached hydrogen (secondary N) is 2. The number of likely N-dealkylation sites (N-methyl/N-ethyl adjacent to an activating group) is 1. The fourth-order valence-electron chi connectivity index (χ4n) is 1.78. The second-order valence-corrected chi connectivity index (χ2v) is 6.31. The Hall–Kier alpha value is -1.40. The second-order valence-electron chi connectivity index (χ2n) is 5.40. The van der Waals surface area contributed by atoms with Crippen molar-refractivity contribution in [1.29, 1.82) is 0 Å². The summed E-state index contributed by atoms with van der Waals surface area (Å²) < 4.78 is 6.74. The molecule has 2 N–H and O–H groups in total. The van der Waals surface area contributed by atoms with E-state index < -0.39 is 12.1 Å². The first-order valence-corrected chi connectivity index (χ1v) is 8.02. The normalized spacial score (nSPS) is 13.5. The summed E-state index contributed by atoms with van der Waals surface area (Å²) >= 11 is 3.38. The molecule has 1 rings (SSSR count). The first kappa shape index (κ1) is 18.6. The standard InChI is InChI=1S/C16H23BrN2O3/c1-10(2)15(20)19-14(16(21)18-4)11(3)22-9-12-5-7-13(17)8-6-12/h5-8,10-11,14H,9H2,1-4H3,(H,18,21)(H,19,20). The van der Waals surface area contributed by atoms with Crippen LogP contribution in [0, 0.1) is 5.92 Å². The molecule has 0 aromatic heterocycles. The van der Waals surface area contributed by atoms with Gasteiger partial charge in [0.05, 0.1) is 12.7 Å². The molecular formula is C16H23BrN2O3. The molecule has 0 aliphatic carbocycles. The third kappa shape index (κ3) is 5.77. The van der Waals surface area contributed by atoms with Gasteiger partial charge in [0, 0.05) is 17.4 Å². The van der Waals surface area contributed by atoms with E-state index in [2.05, 4.69) is 26.6 Å². The van der Waals surface area contributed by atoms with Crippen LogP contribution in [0.1, 0.15) is 26.3 Å². The van der Waals surface area contributed by atoms with Gasteiger partial charge in [0.25, 0.3) is 0 Å². The molecule has 5 nitrogen and oxygen atoms in total. The molecule has 2 unspecified atom stereocenters. The van der Waals surface area contributed by atoms with Crippen molar-refractivity contribution in [1.82, 2.24) is 10.6 Å². The Kier molecular flexibility index (Phi) is 7.55. The van der Waals surface area contributed by atoms with Crippen LogP contribution in [0.5, 0.6) is 0 Å². The van der Waals surface area contributed by atoms with Crippen LogP contribution in [0.25, 0.3) is 0 Å². The van der Waals surface area contributed by atoms with Crippen molar-refractivity contribution in [2.45, 2.75) is 39.5 Å². The summed E-state index contributed by atoms with van der Waals surface area (Å²) in [4.78, 5) is 23.8. The highest BCUT2D eigenvalue weighted by Gasteiger charge is 2.27. The molecule has 0 saturated carbocycles. The first-order valence-electron chi connectivity index (χ1n) is 7.23. The highest BCUT2D eigenvalue weighted by molar-refractivity contribution is 9.10. The maximum Gasteiger partial charge on any atom is 0.245 e. The summed E-state index contributed by atoms with van der Waals surface area (Å²) in [5.74, 6) is -0.629. The molecule has 0 saturated heterocycles. The highest BCUT2D eigenvalue weighted by atomic mass is 79.9. The summed E-state index contributed by atoms with van der Waals surface area (Å²) in [5, 5.41) is 5.28. The van der Waals surface area contributed by atoms with Gasteiger partial charge < -0.3 is 15.4 Å². The molecule has 1 aromatic carbocycles. The lowest BCUT2D eigenvalue weighted by molar-refractivity contribution is -0.134. The van der Waals surface area contributed by atoms with Crippen LogP contribution in [0.15, 0.2) is 28.7 Å². The van der Waals surface area contributed by atoms with E-state index in [1.807, 2.05) is 24.3 Å². The van der Waals surface area contributed by atoms with E-state index in [1.165, 1.54) is 7.05 Å². The van der Waals surface area contributed by atoms with Crippen LogP contribution in [0.3, 0.4) is 0 Å². The quantitative estimate of drug-likeness (QED) is 0.773. The van der Waals surface area contributed by atoms with Crippen molar-refractivity contribution < 1.29 is 14.3 Å². The van der Waals surface area contributed by atoms with Crippen LogP contribution >= 0.6 is 15.9 Å². The first-order chi connectivity index (χ1) is 10.3. The van der Waals surface area contributed by atoms with E-state index in [1.54, 1.807) is 20.8 Å². The van der Waals surface area contributed by atoms with E-state index in [-0.39, 0.29) is 17.7 Å². The predicted octanol–water partition coefficient (Wildman–Crippen LogP) is 2.24. The number of halogens is 1. The number of hydrogen-bond donors (Lipinski definition) is 2. The third-order valence-electron chi connectivity index (χ3n) is 3.25. The van der Waals surface area contributed by atoms with Crippen molar-refractivity contribution in [3.63, 3.8) is 0 Å². The minimum absolute atomic E-state index is 0.173. The zero-order chi connectivity index (χ0) is 16.7. The van der Waals surface area contributed by atoms with Crippen molar-refractivity contribution in [3.8, 4) is 0 Å². The Bertz CT molecular complexity index is 503. The molecule has 2 amide bonds. The molecule has 2 atom stereocenters. The van der Waals surface area contributed by atoms with Gasteiger partial charge in [-0.1, -0.05) is 41.9 Å². The maximum absolute atomic E-state index is 12.0. The summed E-state index contributed by atoms with van der Waals surface area (Å²) in [7, 11) is 1.54. The number of hydrogen-bond acceptors (Lipinski definition) is 3. The third-order valence-corrected chi connectivity index (χ3v) is 3.78. The Morgan fingerprint density at radius 1 is 1.14 bits per heavy atom. The van der Waals surface area contributed by atoms with Crippen LogP contribution in [0.2, 0.25) is 0 Å². The largest absolute Gasteiger partial charge is 0.371 e. The number of ether oxygens (including phenoxy) is 1. The van der Waals surface area contributed by atoms with Crippen LogP contribution in [0.4, 0.5) is 0 Å². The monoisotopic (exact) mass is 370 g/mol. The summed E-state index contributed by atoms with van der Waals surface area (Å²) in [6, 6.07) is 7.03. The number of benzene rings is 1. The van der Waals surface area contributed by atoms with Crippen molar-refractivity contribution >= 4 is 27.7 Å². The van der Waals surface area contributed by atoms with Crippen molar-refractivity contribution in [2.75, 3.05) is 7.05 Å². The van der Waals surface area contributed by atoms with Gasteiger partial charge in [-0.15, -0.1) is 0 Å². The van der Waals surface area contributed by atoms with E-state index in [0.29, 0.717) is 6.61 Å². The minimum atomic E-state index is -0.713. The molecular weight excluding hydrogens is 348 g/mol. The fraction of sp³-hybridized carbons (Fsp3) is 0.500. The molecule has 0 aliphatic rings. The van der Waals surface area contributed by atoms with Crippen molar-refractivity contribution in [3.05, 3.63) is 34.3 Å². The molecule has 0 spiro atoms. The van der Waals surface area contributed by atoms with E-state index in [9.17, 15) is 9.59 Å². The highest BCUT2D eigenvalue weighted by Crippen LogP contribution is 2.12. The fourth-order valence-corrected chi connectivity index (χ4v) is 2.04. The summed E-state index contributed by atoms with van der Waals surface area (Å²) in [5.41, 5.74) is 1.00. The van der Waals surface area contributed by atoms with Gasteiger partial charge >= 0.3 is 0 Å². The van der Waals surface area contributed by atoms with Gasteiger partial charge in [-0.3, -0.25) is 9.59 Å². The SMILES string of the molecule is CNC(=O)C(NC(=O)C(C)C)C(C)OCc1ccc(Br)cc1. The van der Waals surface area contributed by atoms with Gasteiger partial charge in [-0.2, -0.15) is 0 Å². The van der Waals surface area contributed by atoms with Crippen LogP contribution in [-0.4, -0.2) is 31.0 Å². The van der Waals surface area contributed by atoms with Crippen LogP contribution in [-0.2, 0) is 20.9 Å². The molecule has 0 bridgehead atoms. The topological polar surface area (TPSA) is 67.4 Å². The number of carbonyl (C=O) groups excluding carboxylic acids is 2. The molecule has 6 heteroatoms.